The molecule has 4 aromatic heterocycles. The molecule has 11 heteroatoms. The van der Waals surface area contributed by atoms with Crippen molar-refractivity contribution in [3.8, 4) is 10.4 Å². The van der Waals surface area contributed by atoms with Gasteiger partial charge < -0.3 is 10.6 Å². The number of anilines is 1. The van der Waals surface area contributed by atoms with Gasteiger partial charge >= 0.3 is 0 Å². The first kappa shape index (κ1) is 23.8. The summed E-state index contributed by atoms with van der Waals surface area (Å²) in [6.07, 6.45) is 10.9. The smallest absolute Gasteiger partial charge is 0.260 e. The Labute approximate surface area is 218 Å². The number of nitrogens with one attached hydrogen (secondary N) is 2. The first-order valence-corrected chi connectivity index (χ1v) is 13.5. The van der Waals surface area contributed by atoms with Crippen molar-refractivity contribution in [2.45, 2.75) is 39.2 Å². The molecule has 1 saturated carbocycles. The van der Waals surface area contributed by atoms with E-state index in [0.29, 0.717) is 35.1 Å². The number of nitrogens with zero attached hydrogens (tertiary/aromatic N) is 6. The number of aryl methyl sites for hydroxylation is 3. The van der Waals surface area contributed by atoms with E-state index in [0.717, 1.165) is 40.0 Å². The lowest BCUT2D eigenvalue weighted by molar-refractivity contribution is 0.0943. The van der Waals surface area contributed by atoms with Crippen LogP contribution < -0.4 is 10.6 Å². The summed E-state index contributed by atoms with van der Waals surface area (Å²) in [5, 5.41) is 14.7. The molecule has 0 radical (unpaired) electrons. The number of hydrogen-bond acceptors (Lipinski definition) is 7. The standard InChI is InChI=1S/C26H30N8O2S/c1-15-21(13-32(3)31-15)23-14-34-26(37-23)20(11-29-34)25(36)30-22-9-18(10-28-16(22)2)24(35)27-6-7-33-12-17-4-5-19(33)8-17/h9-11,13-14,17,19H,4-8,12H2,1-3H3,(H,27,35)(H,30,36)/t17-,19+/m0/s1. The van der Waals surface area contributed by atoms with E-state index in [4.69, 9.17) is 0 Å². The first-order chi connectivity index (χ1) is 17.9. The number of piperidine rings is 1. The van der Waals surface area contributed by atoms with E-state index in [-0.39, 0.29) is 11.8 Å². The zero-order valence-electron chi connectivity index (χ0n) is 21.2. The second kappa shape index (κ2) is 9.38. The Morgan fingerprint density at radius 1 is 1.14 bits per heavy atom. The average molecular weight is 519 g/mol. The van der Waals surface area contributed by atoms with Crippen molar-refractivity contribution in [1.82, 2.24) is 34.6 Å². The van der Waals surface area contributed by atoms with Gasteiger partial charge in [-0.1, -0.05) is 0 Å². The summed E-state index contributed by atoms with van der Waals surface area (Å²) in [5.41, 5.74) is 3.97. The van der Waals surface area contributed by atoms with Gasteiger partial charge in [-0.25, -0.2) is 4.52 Å². The molecular weight excluding hydrogens is 488 g/mol. The second-order valence-corrected chi connectivity index (χ2v) is 11.1. The summed E-state index contributed by atoms with van der Waals surface area (Å²) in [6.45, 7) is 6.39. The predicted molar refractivity (Wildman–Crippen MR) is 142 cm³/mol. The lowest BCUT2D eigenvalue weighted by atomic mass is 10.1. The highest BCUT2D eigenvalue weighted by Crippen LogP contribution is 2.37. The Hall–Kier alpha value is -3.57. The monoisotopic (exact) mass is 518 g/mol. The Morgan fingerprint density at radius 2 is 2.00 bits per heavy atom. The minimum absolute atomic E-state index is 0.185. The molecule has 192 valence electrons. The Balaban J connectivity index is 1.14. The minimum Gasteiger partial charge on any atom is -0.351 e. The van der Waals surface area contributed by atoms with E-state index in [2.05, 4.69) is 30.7 Å². The number of likely N-dealkylation sites (tertiary alicyclic amines) is 1. The molecule has 1 saturated heterocycles. The first-order valence-electron chi connectivity index (χ1n) is 12.6. The molecule has 2 amide bonds. The number of aromatic nitrogens is 5. The van der Waals surface area contributed by atoms with Crippen LogP contribution in [0.5, 0.6) is 0 Å². The third kappa shape index (κ3) is 4.53. The van der Waals surface area contributed by atoms with Gasteiger partial charge in [0, 0.05) is 56.9 Å². The third-order valence-electron chi connectivity index (χ3n) is 7.52. The molecule has 2 atom stereocenters. The third-order valence-corrected chi connectivity index (χ3v) is 8.67. The molecule has 1 aliphatic carbocycles. The molecule has 37 heavy (non-hydrogen) atoms. The normalized spacial score (nSPS) is 19.1. The van der Waals surface area contributed by atoms with E-state index < -0.39 is 0 Å². The van der Waals surface area contributed by atoms with Gasteiger partial charge in [-0.3, -0.25) is 24.2 Å². The van der Waals surface area contributed by atoms with Gasteiger partial charge in [0.25, 0.3) is 11.8 Å². The molecule has 10 nitrogen and oxygen atoms in total. The van der Waals surface area contributed by atoms with Crippen LogP contribution in [0.3, 0.4) is 0 Å². The number of rotatable bonds is 7. The molecule has 0 aromatic carbocycles. The Morgan fingerprint density at radius 3 is 2.73 bits per heavy atom. The Kier molecular flexibility index (Phi) is 6.04. The number of thiazole rings is 1. The number of hydrogen-bond donors (Lipinski definition) is 2. The summed E-state index contributed by atoms with van der Waals surface area (Å²) in [5.74, 6) is 0.360. The summed E-state index contributed by atoms with van der Waals surface area (Å²) in [6, 6.07) is 2.38. The van der Waals surface area contributed by atoms with Crippen LogP contribution in [0.4, 0.5) is 5.69 Å². The summed E-state index contributed by atoms with van der Waals surface area (Å²) in [7, 11) is 1.88. The van der Waals surface area contributed by atoms with Gasteiger partial charge in [-0.2, -0.15) is 10.2 Å². The van der Waals surface area contributed by atoms with Gasteiger partial charge in [0.05, 0.1) is 39.3 Å². The summed E-state index contributed by atoms with van der Waals surface area (Å²) < 4.78 is 3.48. The van der Waals surface area contributed by atoms with Crippen LogP contribution in [0.2, 0.25) is 0 Å². The molecule has 2 fully saturated rings. The van der Waals surface area contributed by atoms with Gasteiger partial charge in [0.2, 0.25) is 0 Å². The zero-order valence-corrected chi connectivity index (χ0v) is 22.0. The molecule has 2 aliphatic rings. The maximum atomic E-state index is 13.2. The molecule has 1 aliphatic heterocycles. The predicted octanol–water partition coefficient (Wildman–Crippen LogP) is 3.27. The molecular formula is C26H30N8O2S. The molecule has 2 N–H and O–H groups in total. The number of carbonyl (C=O) groups is 2. The van der Waals surface area contributed by atoms with Gasteiger partial charge in [-0.05, 0) is 45.1 Å². The molecule has 5 heterocycles. The van der Waals surface area contributed by atoms with Gasteiger partial charge in [0.1, 0.15) is 4.83 Å². The van der Waals surface area contributed by atoms with Crippen molar-refractivity contribution in [3.63, 3.8) is 0 Å². The average Bonchev–Trinajstić information content (AvgIpc) is 3.67. The zero-order chi connectivity index (χ0) is 25.7. The number of fused-ring (bicyclic) bond motifs is 3. The van der Waals surface area contributed by atoms with Crippen molar-refractivity contribution in [1.29, 1.82) is 0 Å². The summed E-state index contributed by atoms with van der Waals surface area (Å²) >= 11 is 1.49. The lowest BCUT2D eigenvalue weighted by Crippen LogP contribution is -2.39. The van der Waals surface area contributed by atoms with Crippen LogP contribution in [0, 0.1) is 19.8 Å². The Bertz CT molecular complexity index is 1500. The highest BCUT2D eigenvalue weighted by Gasteiger charge is 2.37. The highest BCUT2D eigenvalue weighted by atomic mass is 32.1. The van der Waals surface area contributed by atoms with Crippen LogP contribution in [0.25, 0.3) is 15.3 Å². The van der Waals surface area contributed by atoms with Crippen LogP contribution in [-0.4, -0.2) is 66.8 Å². The maximum Gasteiger partial charge on any atom is 0.260 e. The molecule has 0 unspecified atom stereocenters. The number of carbonyl (C=O) groups excluding carboxylic acids is 2. The highest BCUT2D eigenvalue weighted by molar-refractivity contribution is 7.21. The fourth-order valence-electron chi connectivity index (χ4n) is 5.60. The van der Waals surface area contributed by atoms with E-state index in [9.17, 15) is 9.59 Å². The van der Waals surface area contributed by atoms with Crippen molar-refractivity contribution in [2.24, 2.45) is 13.0 Å². The van der Waals surface area contributed by atoms with Crippen LogP contribution in [-0.2, 0) is 7.05 Å². The molecule has 0 spiro atoms. The van der Waals surface area contributed by atoms with E-state index in [1.54, 1.807) is 27.7 Å². The second-order valence-electron chi connectivity index (χ2n) is 10.1. The topological polar surface area (TPSA) is 109 Å². The lowest BCUT2D eigenvalue weighted by Gasteiger charge is -2.26. The number of amides is 2. The van der Waals surface area contributed by atoms with Crippen LogP contribution in [0.1, 0.15) is 51.4 Å². The van der Waals surface area contributed by atoms with E-state index in [1.807, 2.05) is 33.3 Å². The van der Waals surface area contributed by atoms with Gasteiger partial charge in [-0.15, -0.1) is 11.3 Å². The SMILES string of the molecule is Cc1ncc(C(=O)NCCN2C[C@H]3CC[C@@H]2C3)cc1NC(=O)c1cnn2cc(-c3cn(C)nc3C)sc12. The minimum atomic E-state index is -0.294. The van der Waals surface area contributed by atoms with Crippen molar-refractivity contribution in [3.05, 3.63) is 53.4 Å². The molecule has 2 bridgehead atoms. The van der Waals surface area contributed by atoms with Crippen molar-refractivity contribution in [2.75, 3.05) is 25.0 Å². The largest absolute Gasteiger partial charge is 0.351 e. The van der Waals surface area contributed by atoms with Crippen LogP contribution in [0.15, 0.2) is 30.9 Å². The quantitative estimate of drug-likeness (QED) is 0.389. The van der Waals surface area contributed by atoms with Crippen molar-refractivity contribution >= 4 is 33.7 Å². The molecule has 6 rings (SSSR count). The van der Waals surface area contributed by atoms with E-state index in [1.165, 1.54) is 30.6 Å². The maximum absolute atomic E-state index is 13.2. The summed E-state index contributed by atoms with van der Waals surface area (Å²) in [4.78, 5) is 34.6. The van der Waals surface area contributed by atoms with Crippen molar-refractivity contribution < 1.29 is 9.59 Å². The fourth-order valence-corrected chi connectivity index (χ4v) is 6.72. The fraction of sp³-hybridized carbons (Fsp3) is 0.423. The van der Waals surface area contributed by atoms with Crippen LogP contribution >= 0.6 is 11.3 Å². The van der Waals surface area contributed by atoms with Gasteiger partial charge in [0.15, 0.2) is 0 Å². The van der Waals surface area contributed by atoms with E-state index >= 15 is 0 Å². The number of pyridine rings is 1. The molecule has 4 aromatic rings.